The van der Waals surface area contributed by atoms with Gasteiger partial charge in [-0.05, 0) is 42.5 Å². The van der Waals surface area contributed by atoms with Crippen LogP contribution in [0.3, 0.4) is 0 Å². The van der Waals surface area contributed by atoms with Crippen LogP contribution < -0.4 is 5.32 Å². The lowest BCUT2D eigenvalue weighted by Crippen LogP contribution is -2.58. The van der Waals surface area contributed by atoms with Crippen molar-refractivity contribution in [2.75, 3.05) is 11.9 Å². The van der Waals surface area contributed by atoms with E-state index in [0.717, 1.165) is 18.4 Å². The van der Waals surface area contributed by atoms with Crippen molar-refractivity contribution in [2.24, 2.45) is 5.92 Å². The predicted octanol–water partition coefficient (Wildman–Crippen LogP) is 4.59. The molecule has 0 spiro atoms. The van der Waals surface area contributed by atoms with Crippen LogP contribution in [0.15, 0.2) is 48.5 Å². The molecule has 0 bridgehead atoms. The van der Waals surface area contributed by atoms with Crippen molar-refractivity contribution < 1.29 is 18.0 Å². The number of hydrogen-bond acceptors (Lipinski definition) is 1. The Hall–Kier alpha value is -2.50. The van der Waals surface area contributed by atoms with Gasteiger partial charge in [0.15, 0.2) is 0 Å². The molecule has 0 saturated heterocycles. The first kappa shape index (κ1) is 16.0. The first-order valence-electron chi connectivity index (χ1n) is 8.26. The number of urea groups is 1. The maximum absolute atomic E-state index is 14.0. The molecule has 1 atom stereocenters. The summed E-state index contributed by atoms with van der Waals surface area (Å²) in [5.74, 6) is -0.465. The SMILES string of the molecule is O=C1Nc2ccc(F)cc2C(c2ccccc2)(C2CC2)N1CC(F)F. The number of carbonyl (C=O) groups excluding carboxylic acids is 1. The Morgan fingerprint density at radius 2 is 1.88 bits per heavy atom. The minimum Gasteiger partial charge on any atom is -0.307 e. The van der Waals surface area contributed by atoms with Crippen LogP contribution in [0, 0.1) is 11.7 Å². The van der Waals surface area contributed by atoms with E-state index >= 15 is 0 Å². The van der Waals surface area contributed by atoms with E-state index in [2.05, 4.69) is 5.32 Å². The third-order valence-corrected chi connectivity index (χ3v) is 5.01. The van der Waals surface area contributed by atoms with Crippen LogP contribution in [0.5, 0.6) is 0 Å². The van der Waals surface area contributed by atoms with E-state index in [1.807, 2.05) is 30.3 Å². The van der Waals surface area contributed by atoms with Gasteiger partial charge in [0.1, 0.15) is 11.4 Å². The van der Waals surface area contributed by atoms with Crippen LogP contribution in [0.2, 0.25) is 0 Å². The molecule has 1 unspecified atom stereocenters. The molecular formula is C19H17F3N2O. The molecule has 1 N–H and O–H groups in total. The Morgan fingerprint density at radius 3 is 2.52 bits per heavy atom. The van der Waals surface area contributed by atoms with Gasteiger partial charge in [0.05, 0.1) is 6.54 Å². The topological polar surface area (TPSA) is 32.3 Å². The normalized spacial score (nSPS) is 22.7. The van der Waals surface area contributed by atoms with Gasteiger partial charge >= 0.3 is 6.03 Å². The lowest BCUT2D eigenvalue weighted by atomic mass is 9.75. The second-order valence-corrected chi connectivity index (χ2v) is 6.53. The van der Waals surface area contributed by atoms with Gasteiger partial charge in [0, 0.05) is 11.3 Å². The fraction of sp³-hybridized carbons (Fsp3) is 0.316. The molecular weight excluding hydrogens is 329 g/mol. The summed E-state index contributed by atoms with van der Waals surface area (Å²) in [6.45, 7) is -0.701. The second kappa shape index (κ2) is 5.79. The number of benzene rings is 2. The summed E-state index contributed by atoms with van der Waals surface area (Å²) < 4.78 is 40.6. The summed E-state index contributed by atoms with van der Waals surface area (Å²) in [5.41, 5.74) is 0.686. The summed E-state index contributed by atoms with van der Waals surface area (Å²) in [5, 5.41) is 2.64. The van der Waals surface area contributed by atoms with Gasteiger partial charge in [-0.15, -0.1) is 0 Å². The number of hydrogen-bond donors (Lipinski definition) is 1. The minimum absolute atomic E-state index is 0.0137. The van der Waals surface area contributed by atoms with Crippen LogP contribution in [-0.4, -0.2) is 23.9 Å². The molecule has 1 fully saturated rings. The lowest BCUT2D eigenvalue weighted by molar-refractivity contribution is 0.0503. The molecule has 1 aliphatic heterocycles. The Bertz CT molecular complexity index is 808. The standard InChI is InChI=1S/C19H17F3N2O/c20-14-8-9-16-15(10-14)19(13-6-7-13,12-4-2-1-3-5-12)24(11-17(21)22)18(25)23-16/h1-5,8-10,13,17H,6-7,11H2,(H,23,25). The zero-order valence-electron chi connectivity index (χ0n) is 13.4. The quantitative estimate of drug-likeness (QED) is 0.863. The summed E-state index contributed by atoms with van der Waals surface area (Å²) >= 11 is 0. The number of nitrogens with one attached hydrogen (secondary N) is 1. The van der Waals surface area contributed by atoms with E-state index in [-0.39, 0.29) is 5.92 Å². The molecule has 0 radical (unpaired) electrons. The first-order valence-corrected chi connectivity index (χ1v) is 8.26. The number of carbonyl (C=O) groups is 1. The third kappa shape index (κ3) is 2.47. The number of anilines is 1. The van der Waals surface area contributed by atoms with Crippen LogP contribution in [0.25, 0.3) is 0 Å². The van der Waals surface area contributed by atoms with Crippen molar-refractivity contribution in [1.29, 1.82) is 0 Å². The van der Waals surface area contributed by atoms with Gasteiger partial charge in [-0.2, -0.15) is 0 Å². The summed E-state index contributed by atoms with van der Waals surface area (Å²) in [6, 6.07) is 12.7. The fourth-order valence-corrected chi connectivity index (χ4v) is 3.97. The monoisotopic (exact) mass is 346 g/mol. The molecule has 1 saturated carbocycles. The second-order valence-electron chi connectivity index (χ2n) is 6.53. The zero-order valence-corrected chi connectivity index (χ0v) is 13.4. The number of rotatable bonds is 4. The molecule has 2 aromatic rings. The van der Waals surface area contributed by atoms with Crippen LogP contribution in [0.4, 0.5) is 23.7 Å². The van der Waals surface area contributed by atoms with Crippen molar-refractivity contribution in [3.63, 3.8) is 0 Å². The number of alkyl halides is 2. The molecule has 25 heavy (non-hydrogen) atoms. The minimum atomic E-state index is -2.68. The van der Waals surface area contributed by atoms with Gasteiger partial charge in [-0.1, -0.05) is 30.3 Å². The highest BCUT2D eigenvalue weighted by atomic mass is 19.3. The zero-order chi connectivity index (χ0) is 17.6. The molecule has 1 heterocycles. The van der Waals surface area contributed by atoms with Crippen LogP contribution >= 0.6 is 0 Å². The van der Waals surface area contributed by atoms with Gasteiger partial charge < -0.3 is 10.2 Å². The third-order valence-electron chi connectivity index (χ3n) is 5.01. The van der Waals surface area contributed by atoms with Crippen molar-refractivity contribution in [1.82, 2.24) is 4.90 Å². The van der Waals surface area contributed by atoms with E-state index in [9.17, 15) is 18.0 Å². The van der Waals surface area contributed by atoms with Crippen LogP contribution in [0.1, 0.15) is 24.0 Å². The average molecular weight is 346 g/mol. The molecule has 4 rings (SSSR count). The van der Waals surface area contributed by atoms with E-state index in [1.165, 1.54) is 23.1 Å². The number of amides is 2. The molecule has 2 aromatic carbocycles. The summed E-state index contributed by atoms with van der Waals surface area (Å²) in [6.07, 6.45) is -1.07. The van der Waals surface area contributed by atoms with E-state index in [1.54, 1.807) is 0 Å². The molecule has 1 aliphatic carbocycles. The number of halogens is 3. The van der Waals surface area contributed by atoms with E-state index in [4.69, 9.17) is 0 Å². The van der Waals surface area contributed by atoms with E-state index < -0.39 is 30.4 Å². The van der Waals surface area contributed by atoms with Gasteiger partial charge in [0.25, 0.3) is 6.43 Å². The molecule has 6 heteroatoms. The van der Waals surface area contributed by atoms with E-state index in [0.29, 0.717) is 11.3 Å². The first-order chi connectivity index (χ1) is 12.0. The molecule has 2 amide bonds. The van der Waals surface area contributed by atoms with Crippen molar-refractivity contribution in [3.8, 4) is 0 Å². The fourth-order valence-electron chi connectivity index (χ4n) is 3.97. The lowest BCUT2D eigenvalue weighted by Gasteiger charge is -2.49. The highest BCUT2D eigenvalue weighted by Gasteiger charge is 2.57. The Kier molecular flexibility index (Phi) is 3.71. The number of nitrogens with zero attached hydrogens (tertiary/aromatic N) is 1. The van der Waals surface area contributed by atoms with Gasteiger partial charge in [0.2, 0.25) is 0 Å². The molecule has 130 valence electrons. The molecule has 3 nitrogen and oxygen atoms in total. The van der Waals surface area contributed by atoms with Crippen molar-refractivity contribution in [2.45, 2.75) is 24.8 Å². The van der Waals surface area contributed by atoms with Crippen LogP contribution in [-0.2, 0) is 5.54 Å². The van der Waals surface area contributed by atoms with Crippen molar-refractivity contribution in [3.05, 3.63) is 65.5 Å². The van der Waals surface area contributed by atoms with Gasteiger partial charge in [-0.25, -0.2) is 18.0 Å². The Balaban J connectivity index is 2.01. The smallest absolute Gasteiger partial charge is 0.307 e. The Labute approximate surface area is 143 Å². The maximum Gasteiger partial charge on any atom is 0.323 e. The Morgan fingerprint density at radius 1 is 1.16 bits per heavy atom. The summed E-state index contributed by atoms with van der Waals surface area (Å²) in [7, 11) is 0. The number of fused-ring (bicyclic) bond motifs is 1. The largest absolute Gasteiger partial charge is 0.323 e. The maximum atomic E-state index is 14.0. The highest BCUT2D eigenvalue weighted by molar-refractivity contribution is 5.94. The highest BCUT2D eigenvalue weighted by Crippen LogP contribution is 2.56. The molecule has 2 aliphatic rings. The average Bonchev–Trinajstić information content (AvgIpc) is 3.42. The summed E-state index contributed by atoms with van der Waals surface area (Å²) in [4.78, 5) is 13.9. The predicted molar refractivity (Wildman–Crippen MR) is 88.1 cm³/mol. The molecule has 0 aromatic heterocycles. The van der Waals surface area contributed by atoms with Gasteiger partial charge in [-0.3, -0.25) is 0 Å². The van der Waals surface area contributed by atoms with Crippen molar-refractivity contribution >= 4 is 11.7 Å².